The second-order valence-electron chi connectivity index (χ2n) is 7.33. The number of halogens is 1. The Morgan fingerprint density at radius 3 is 2.74 bits per heavy atom. The molecule has 3 N–H and O–H groups in total. The lowest BCUT2D eigenvalue weighted by atomic mass is 9.97. The monoisotopic (exact) mass is 365 g/mol. The standard InChI is InChI=1S/C21H24FN5/c1-13-18(23)5-4-17(22)20(13)14-3-6-19-15(11-14)12-24-21(26-19)25-16-7-9-27(2)10-8-16/h3-6,11-12,16H,7-10,23H2,1-2H3,(H,24,25,26). The summed E-state index contributed by atoms with van der Waals surface area (Å²) in [5.74, 6) is 0.374. The number of rotatable bonds is 3. The van der Waals surface area contributed by atoms with Crippen LogP contribution in [0.5, 0.6) is 0 Å². The highest BCUT2D eigenvalue weighted by molar-refractivity contribution is 5.86. The van der Waals surface area contributed by atoms with Gasteiger partial charge in [-0.15, -0.1) is 0 Å². The summed E-state index contributed by atoms with van der Waals surface area (Å²) in [5.41, 5.74) is 9.44. The molecule has 1 fully saturated rings. The van der Waals surface area contributed by atoms with Crippen LogP contribution in [0.15, 0.2) is 36.5 Å². The summed E-state index contributed by atoms with van der Waals surface area (Å²) in [4.78, 5) is 11.4. The van der Waals surface area contributed by atoms with Crippen LogP contribution in [0, 0.1) is 12.7 Å². The number of nitrogens with one attached hydrogen (secondary N) is 1. The van der Waals surface area contributed by atoms with Gasteiger partial charge in [0.15, 0.2) is 0 Å². The number of hydrogen-bond donors (Lipinski definition) is 2. The van der Waals surface area contributed by atoms with E-state index in [0.717, 1.165) is 48.0 Å². The lowest BCUT2D eigenvalue weighted by molar-refractivity contribution is 0.263. The van der Waals surface area contributed by atoms with Gasteiger partial charge >= 0.3 is 0 Å². The summed E-state index contributed by atoms with van der Waals surface area (Å²) in [7, 11) is 2.14. The molecule has 0 radical (unpaired) electrons. The molecule has 2 aromatic carbocycles. The van der Waals surface area contributed by atoms with Crippen molar-refractivity contribution in [3.05, 3.63) is 47.9 Å². The largest absolute Gasteiger partial charge is 0.398 e. The molecule has 0 unspecified atom stereocenters. The number of nitrogen functional groups attached to an aromatic ring is 1. The Kier molecular flexibility index (Phi) is 4.66. The summed E-state index contributed by atoms with van der Waals surface area (Å²) in [5, 5.41) is 4.32. The lowest BCUT2D eigenvalue weighted by Gasteiger charge is -2.29. The molecule has 1 aliphatic rings. The second kappa shape index (κ2) is 7.12. The quantitative estimate of drug-likeness (QED) is 0.691. The van der Waals surface area contributed by atoms with Crippen molar-refractivity contribution in [2.24, 2.45) is 0 Å². The fourth-order valence-corrected chi connectivity index (χ4v) is 3.64. The van der Waals surface area contributed by atoms with Crippen LogP contribution >= 0.6 is 0 Å². The Bertz CT molecular complexity index is 980. The van der Waals surface area contributed by atoms with E-state index in [4.69, 9.17) is 5.73 Å². The van der Waals surface area contributed by atoms with Crippen molar-refractivity contribution in [2.75, 3.05) is 31.2 Å². The summed E-state index contributed by atoms with van der Waals surface area (Å²) < 4.78 is 14.4. The number of aromatic nitrogens is 2. The molecule has 0 amide bonds. The highest BCUT2D eigenvalue weighted by Crippen LogP contribution is 2.32. The van der Waals surface area contributed by atoms with Crippen molar-refractivity contribution in [3.63, 3.8) is 0 Å². The van der Waals surface area contributed by atoms with Crippen molar-refractivity contribution in [3.8, 4) is 11.1 Å². The maximum atomic E-state index is 14.4. The van der Waals surface area contributed by atoms with Crippen LogP contribution < -0.4 is 11.1 Å². The van der Waals surface area contributed by atoms with E-state index < -0.39 is 0 Å². The zero-order chi connectivity index (χ0) is 19.0. The van der Waals surface area contributed by atoms with Crippen molar-refractivity contribution >= 4 is 22.5 Å². The second-order valence-corrected chi connectivity index (χ2v) is 7.33. The van der Waals surface area contributed by atoms with Gasteiger partial charge in [-0.3, -0.25) is 0 Å². The van der Waals surface area contributed by atoms with E-state index in [1.807, 2.05) is 25.1 Å². The lowest BCUT2D eigenvalue weighted by Crippen LogP contribution is -2.37. The fourth-order valence-electron chi connectivity index (χ4n) is 3.64. The van der Waals surface area contributed by atoms with E-state index in [1.165, 1.54) is 6.07 Å². The Hall–Kier alpha value is -2.73. The van der Waals surface area contributed by atoms with E-state index in [-0.39, 0.29) is 5.82 Å². The summed E-state index contributed by atoms with van der Waals surface area (Å²) in [6.45, 7) is 4.00. The molecule has 0 aliphatic carbocycles. The minimum atomic E-state index is -0.275. The van der Waals surface area contributed by atoms with Gasteiger partial charge in [0.1, 0.15) is 5.82 Å². The van der Waals surface area contributed by atoms with Crippen molar-refractivity contribution in [2.45, 2.75) is 25.8 Å². The topological polar surface area (TPSA) is 67.1 Å². The predicted octanol–water partition coefficient (Wildman–Crippen LogP) is 3.83. The van der Waals surface area contributed by atoms with Gasteiger partial charge in [0, 0.05) is 28.9 Å². The van der Waals surface area contributed by atoms with Crippen LogP contribution in [0.3, 0.4) is 0 Å². The van der Waals surface area contributed by atoms with Crippen LogP contribution in [0.1, 0.15) is 18.4 Å². The normalized spacial score (nSPS) is 16.0. The Morgan fingerprint density at radius 1 is 1.19 bits per heavy atom. The van der Waals surface area contributed by atoms with E-state index in [0.29, 0.717) is 23.2 Å². The third kappa shape index (κ3) is 3.57. The molecule has 27 heavy (non-hydrogen) atoms. The van der Waals surface area contributed by atoms with Gasteiger partial charge in [-0.05, 0) is 75.3 Å². The first kappa shape index (κ1) is 17.7. The molecule has 0 atom stereocenters. The van der Waals surface area contributed by atoms with Crippen LogP contribution in [-0.2, 0) is 0 Å². The van der Waals surface area contributed by atoms with Gasteiger partial charge in [-0.1, -0.05) is 6.07 Å². The smallest absolute Gasteiger partial charge is 0.223 e. The maximum absolute atomic E-state index is 14.4. The molecule has 0 bridgehead atoms. The van der Waals surface area contributed by atoms with Gasteiger partial charge in [-0.2, -0.15) is 0 Å². The average Bonchev–Trinajstić information content (AvgIpc) is 2.67. The van der Waals surface area contributed by atoms with Gasteiger partial charge in [0.2, 0.25) is 5.95 Å². The number of nitrogens with two attached hydrogens (primary N) is 1. The summed E-state index contributed by atoms with van der Waals surface area (Å²) in [6, 6.07) is 9.13. The molecule has 3 aromatic rings. The molecular formula is C21H24FN5. The van der Waals surface area contributed by atoms with Crippen molar-refractivity contribution in [1.82, 2.24) is 14.9 Å². The van der Waals surface area contributed by atoms with E-state index >= 15 is 0 Å². The zero-order valence-electron chi connectivity index (χ0n) is 15.7. The average molecular weight is 365 g/mol. The number of fused-ring (bicyclic) bond motifs is 1. The minimum Gasteiger partial charge on any atom is -0.398 e. The van der Waals surface area contributed by atoms with Crippen molar-refractivity contribution in [1.29, 1.82) is 0 Å². The molecule has 1 aliphatic heterocycles. The van der Waals surface area contributed by atoms with Crippen LogP contribution in [-0.4, -0.2) is 41.0 Å². The first-order chi connectivity index (χ1) is 13.0. The van der Waals surface area contributed by atoms with Crippen LogP contribution in [0.4, 0.5) is 16.0 Å². The SMILES string of the molecule is Cc1c(N)ccc(F)c1-c1ccc2nc(NC3CCN(C)CC3)ncc2c1. The third-order valence-corrected chi connectivity index (χ3v) is 5.38. The Balaban J connectivity index is 1.62. The number of piperidine rings is 1. The summed E-state index contributed by atoms with van der Waals surface area (Å²) in [6.07, 6.45) is 3.97. The number of nitrogens with zero attached hydrogens (tertiary/aromatic N) is 3. The number of anilines is 2. The van der Waals surface area contributed by atoms with Gasteiger partial charge in [-0.25, -0.2) is 14.4 Å². The molecule has 2 heterocycles. The molecule has 0 spiro atoms. The van der Waals surface area contributed by atoms with Gasteiger partial charge in [0.25, 0.3) is 0 Å². The summed E-state index contributed by atoms with van der Waals surface area (Å²) >= 11 is 0. The van der Waals surface area contributed by atoms with E-state index in [9.17, 15) is 4.39 Å². The molecule has 1 saturated heterocycles. The minimum absolute atomic E-state index is 0.275. The molecular weight excluding hydrogens is 341 g/mol. The van der Waals surface area contributed by atoms with E-state index in [2.05, 4.69) is 27.2 Å². The zero-order valence-corrected chi connectivity index (χ0v) is 15.7. The molecule has 1 aromatic heterocycles. The molecule has 6 heteroatoms. The highest BCUT2D eigenvalue weighted by Gasteiger charge is 2.17. The first-order valence-electron chi connectivity index (χ1n) is 9.28. The van der Waals surface area contributed by atoms with Crippen molar-refractivity contribution < 1.29 is 4.39 Å². The highest BCUT2D eigenvalue weighted by atomic mass is 19.1. The van der Waals surface area contributed by atoms with Crippen LogP contribution in [0.2, 0.25) is 0 Å². The third-order valence-electron chi connectivity index (χ3n) is 5.38. The molecule has 5 nitrogen and oxygen atoms in total. The maximum Gasteiger partial charge on any atom is 0.223 e. The molecule has 0 saturated carbocycles. The van der Waals surface area contributed by atoms with Gasteiger partial charge in [0.05, 0.1) is 5.52 Å². The first-order valence-corrected chi connectivity index (χ1v) is 9.28. The fraction of sp³-hybridized carbons (Fsp3) is 0.333. The molecule has 4 rings (SSSR count). The van der Waals surface area contributed by atoms with Crippen LogP contribution in [0.25, 0.3) is 22.0 Å². The van der Waals surface area contributed by atoms with E-state index in [1.54, 1.807) is 12.3 Å². The predicted molar refractivity (Wildman–Crippen MR) is 108 cm³/mol. The Labute approximate surface area is 158 Å². The number of hydrogen-bond acceptors (Lipinski definition) is 5. The Morgan fingerprint density at radius 2 is 1.96 bits per heavy atom. The molecule has 140 valence electrons. The number of likely N-dealkylation sites (tertiary alicyclic amines) is 1. The number of benzene rings is 2. The van der Waals surface area contributed by atoms with Gasteiger partial charge < -0.3 is 16.0 Å².